The minimum Gasteiger partial charge on any atom is -0.444 e. The van der Waals surface area contributed by atoms with Gasteiger partial charge in [0.1, 0.15) is 6.26 Å². The van der Waals surface area contributed by atoms with Gasteiger partial charge in [-0.2, -0.15) is 0 Å². The van der Waals surface area contributed by atoms with E-state index in [0.29, 0.717) is 22.8 Å². The molecule has 1 N–H and O–H groups in total. The number of piperidine rings is 1. The summed E-state index contributed by atoms with van der Waals surface area (Å²) in [5.74, 6) is 2.10. The van der Waals surface area contributed by atoms with Gasteiger partial charge in [-0.1, -0.05) is 18.2 Å². The third kappa shape index (κ3) is 4.86. The van der Waals surface area contributed by atoms with Gasteiger partial charge >= 0.3 is 0 Å². The average Bonchev–Trinajstić information content (AvgIpc) is 3.33. The molecule has 2 saturated heterocycles. The van der Waals surface area contributed by atoms with E-state index in [0.717, 1.165) is 50.3 Å². The molecule has 0 unspecified atom stereocenters. The fourth-order valence-corrected chi connectivity index (χ4v) is 4.67. The van der Waals surface area contributed by atoms with E-state index in [1.807, 2.05) is 35.2 Å². The zero-order valence-electron chi connectivity index (χ0n) is 15.4. The van der Waals surface area contributed by atoms with Crippen LogP contribution >= 0.6 is 24.2 Å². The van der Waals surface area contributed by atoms with Gasteiger partial charge in [0, 0.05) is 31.0 Å². The lowest BCUT2D eigenvalue weighted by Crippen LogP contribution is -2.44. The number of hydrogen-bond acceptors (Lipinski definition) is 5. The van der Waals surface area contributed by atoms with Gasteiger partial charge in [-0.3, -0.25) is 4.79 Å². The number of carbonyl (C=O) groups is 1. The number of nitrogens with zero attached hydrogens (tertiary/aromatic N) is 2. The first-order valence-electron chi connectivity index (χ1n) is 9.30. The van der Waals surface area contributed by atoms with E-state index in [1.165, 1.54) is 6.42 Å². The van der Waals surface area contributed by atoms with Crippen molar-refractivity contribution in [2.45, 2.75) is 25.0 Å². The molecular formula is C20H26ClN3O2S. The number of likely N-dealkylation sites (tertiary alicyclic amines) is 1. The molecule has 2 aliphatic heterocycles. The van der Waals surface area contributed by atoms with Crippen LogP contribution in [0.3, 0.4) is 0 Å². The predicted octanol–water partition coefficient (Wildman–Crippen LogP) is 3.60. The van der Waals surface area contributed by atoms with Crippen molar-refractivity contribution in [3.05, 3.63) is 42.3 Å². The summed E-state index contributed by atoms with van der Waals surface area (Å²) in [6.45, 7) is 4.07. The first-order chi connectivity index (χ1) is 12.7. The molecule has 1 amide bonds. The molecule has 2 fully saturated rings. The van der Waals surface area contributed by atoms with Gasteiger partial charge < -0.3 is 14.6 Å². The van der Waals surface area contributed by atoms with Gasteiger partial charge in [0.2, 0.25) is 11.8 Å². The average molecular weight is 408 g/mol. The fourth-order valence-electron chi connectivity index (χ4n) is 3.87. The van der Waals surface area contributed by atoms with Crippen LogP contribution in [0.4, 0.5) is 0 Å². The SMILES string of the molecule is Cl.O=C(CSCc1coc(-c2ccccc2)n1)N1CCC2(CCNC2)CC1. The van der Waals surface area contributed by atoms with Crippen LogP contribution in [0.1, 0.15) is 25.0 Å². The second kappa shape index (κ2) is 9.13. The van der Waals surface area contributed by atoms with Gasteiger partial charge in [-0.05, 0) is 43.4 Å². The van der Waals surface area contributed by atoms with Crippen molar-refractivity contribution in [3.8, 4) is 11.5 Å². The van der Waals surface area contributed by atoms with Gasteiger partial charge in [0.25, 0.3) is 0 Å². The quantitative estimate of drug-likeness (QED) is 0.820. The molecule has 5 nitrogen and oxygen atoms in total. The second-order valence-corrected chi connectivity index (χ2v) is 8.30. The Labute approximate surface area is 170 Å². The zero-order valence-corrected chi connectivity index (χ0v) is 17.0. The highest BCUT2D eigenvalue weighted by molar-refractivity contribution is 7.99. The summed E-state index contributed by atoms with van der Waals surface area (Å²) in [6, 6.07) is 9.87. The van der Waals surface area contributed by atoms with Crippen LogP contribution in [0.2, 0.25) is 0 Å². The van der Waals surface area contributed by atoms with E-state index in [2.05, 4.69) is 10.3 Å². The maximum atomic E-state index is 12.5. The van der Waals surface area contributed by atoms with E-state index >= 15 is 0 Å². The van der Waals surface area contributed by atoms with Crippen molar-refractivity contribution < 1.29 is 9.21 Å². The molecule has 1 spiro atoms. The molecule has 3 heterocycles. The van der Waals surface area contributed by atoms with E-state index < -0.39 is 0 Å². The van der Waals surface area contributed by atoms with Crippen molar-refractivity contribution in [3.63, 3.8) is 0 Å². The summed E-state index contributed by atoms with van der Waals surface area (Å²) in [5, 5.41) is 3.47. The normalized spacial score (nSPS) is 18.4. The Hall–Kier alpha value is -1.50. The number of nitrogens with one attached hydrogen (secondary N) is 1. The smallest absolute Gasteiger partial charge is 0.232 e. The van der Waals surface area contributed by atoms with Crippen LogP contribution in [-0.2, 0) is 10.5 Å². The van der Waals surface area contributed by atoms with Crippen molar-refractivity contribution in [1.29, 1.82) is 0 Å². The standard InChI is InChI=1S/C20H25N3O2S.ClH/c24-18(23-10-7-20(8-11-23)6-9-21-15-20)14-26-13-17-12-25-19(22-17)16-4-2-1-3-5-16;/h1-5,12,21H,6-11,13-15H2;1H. The number of aromatic nitrogens is 1. The van der Waals surface area contributed by atoms with E-state index in [-0.39, 0.29) is 18.3 Å². The summed E-state index contributed by atoms with van der Waals surface area (Å²) >= 11 is 1.61. The number of hydrogen-bond donors (Lipinski definition) is 1. The monoisotopic (exact) mass is 407 g/mol. The molecule has 0 bridgehead atoms. The van der Waals surface area contributed by atoms with Crippen molar-refractivity contribution >= 4 is 30.1 Å². The second-order valence-electron chi connectivity index (χ2n) is 7.31. The molecule has 1 aromatic carbocycles. The Bertz CT molecular complexity index is 737. The van der Waals surface area contributed by atoms with Crippen molar-refractivity contribution in [1.82, 2.24) is 15.2 Å². The molecule has 27 heavy (non-hydrogen) atoms. The molecule has 2 aliphatic rings. The lowest BCUT2D eigenvalue weighted by molar-refractivity contribution is -0.130. The first-order valence-corrected chi connectivity index (χ1v) is 10.5. The fraction of sp³-hybridized carbons (Fsp3) is 0.500. The molecule has 0 atom stereocenters. The molecule has 0 saturated carbocycles. The van der Waals surface area contributed by atoms with Crippen LogP contribution in [0.25, 0.3) is 11.5 Å². The molecule has 4 rings (SSSR count). The number of oxazole rings is 1. The lowest BCUT2D eigenvalue weighted by Gasteiger charge is -2.38. The summed E-state index contributed by atoms with van der Waals surface area (Å²) in [5.41, 5.74) is 2.32. The topological polar surface area (TPSA) is 58.4 Å². The van der Waals surface area contributed by atoms with E-state index in [9.17, 15) is 4.79 Å². The Morgan fingerprint density at radius 3 is 2.70 bits per heavy atom. The van der Waals surface area contributed by atoms with Crippen LogP contribution in [-0.4, -0.2) is 47.7 Å². The minimum absolute atomic E-state index is 0. The minimum atomic E-state index is 0. The number of rotatable bonds is 5. The van der Waals surface area contributed by atoms with Gasteiger partial charge in [-0.25, -0.2) is 4.98 Å². The highest BCUT2D eigenvalue weighted by Crippen LogP contribution is 2.37. The number of halogens is 1. The highest BCUT2D eigenvalue weighted by atomic mass is 35.5. The van der Waals surface area contributed by atoms with E-state index in [1.54, 1.807) is 18.0 Å². The molecular weight excluding hydrogens is 382 g/mol. The maximum Gasteiger partial charge on any atom is 0.232 e. The summed E-state index contributed by atoms with van der Waals surface area (Å²) in [4.78, 5) is 19.0. The number of thioether (sulfide) groups is 1. The molecule has 0 aliphatic carbocycles. The van der Waals surface area contributed by atoms with Crippen LogP contribution in [0.5, 0.6) is 0 Å². The Kier molecular flexibility index (Phi) is 6.84. The van der Waals surface area contributed by atoms with E-state index in [4.69, 9.17) is 4.42 Å². The highest BCUT2D eigenvalue weighted by Gasteiger charge is 2.37. The predicted molar refractivity (Wildman–Crippen MR) is 111 cm³/mol. The van der Waals surface area contributed by atoms with Crippen molar-refractivity contribution in [2.24, 2.45) is 5.41 Å². The first kappa shape index (κ1) is 20.2. The van der Waals surface area contributed by atoms with Crippen molar-refractivity contribution in [2.75, 3.05) is 31.9 Å². The number of amides is 1. The molecule has 7 heteroatoms. The lowest BCUT2D eigenvalue weighted by atomic mass is 9.78. The Morgan fingerprint density at radius 2 is 2.00 bits per heavy atom. The van der Waals surface area contributed by atoms with Crippen LogP contribution < -0.4 is 5.32 Å². The van der Waals surface area contributed by atoms with Gasteiger partial charge in [-0.15, -0.1) is 24.2 Å². The third-order valence-electron chi connectivity index (χ3n) is 5.56. The molecule has 2 aromatic rings. The molecule has 0 radical (unpaired) electrons. The summed E-state index contributed by atoms with van der Waals surface area (Å²) in [6.07, 6.45) is 5.23. The summed E-state index contributed by atoms with van der Waals surface area (Å²) in [7, 11) is 0. The summed E-state index contributed by atoms with van der Waals surface area (Å²) < 4.78 is 5.55. The van der Waals surface area contributed by atoms with Crippen LogP contribution in [0, 0.1) is 5.41 Å². The third-order valence-corrected chi connectivity index (χ3v) is 6.51. The zero-order chi connectivity index (χ0) is 17.8. The Balaban J connectivity index is 0.00000210. The molecule has 1 aromatic heterocycles. The Morgan fingerprint density at radius 1 is 1.22 bits per heavy atom. The van der Waals surface area contributed by atoms with Crippen LogP contribution in [0.15, 0.2) is 41.0 Å². The number of benzene rings is 1. The number of carbonyl (C=O) groups excluding carboxylic acids is 1. The molecule has 146 valence electrons. The van der Waals surface area contributed by atoms with Gasteiger partial charge in [0.15, 0.2) is 0 Å². The van der Waals surface area contributed by atoms with Gasteiger partial charge in [0.05, 0.1) is 11.4 Å². The maximum absolute atomic E-state index is 12.5. The largest absolute Gasteiger partial charge is 0.444 e.